The number of aryl methyl sites for hydroxylation is 1. The SMILES string of the molecule is Cc1onc(-c2ccccc2Cl)c1C(=O)OCC(=O)NC(C)(C)C. The largest absolute Gasteiger partial charge is 0.452 e. The summed E-state index contributed by atoms with van der Waals surface area (Å²) in [5.74, 6) is -0.775. The molecular formula is C17H19ClN2O4. The number of esters is 1. The standard InChI is InChI=1S/C17H19ClN2O4/c1-10-14(16(22)23-9-13(21)19-17(2,3)4)15(20-24-10)11-7-5-6-8-12(11)18/h5-8H,9H2,1-4H3,(H,19,21). The molecule has 1 N–H and O–H groups in total. The maximum atomic E-state index is 12.4. The number of nitrogens with one attached hydrogen (secondary N) is 1. The molecular weight excluding hydrogens is 332 g/mol. The number of nitrogens with zero attached hydrogens (tertiary/aromatic N) is 1. The lowest BCUT2D eigenvalue weighted by Gasteiger charge is -2.20. The minimum atomic E-state index is -0.687. The van der Waals surface area contributed by atoms with Crippen LogP contribution in [-0.4, -0.2) is 29.2 Å². The average Bonchev–Trinajstić information content (AvgIpc) is 2.85. The fraction of sp³-hybridized carbons (Fsp3) is 0.353. The van der Waals surface area contributed by atoms with E-state index < -0.39 is 11.5 Å². The van der Waals surface area contributed by atoms with Gasteiger partial charge >= 0.3 is 5.97 Å². The first kappa shape index (κ1) is 18.0. The zero-order valence-electron chi connectivity index (χ0n) is 14.0. The monoisotopic (exact) mass is 350 g/mol. The Bertz CT molecular complexity index is 762. The van der Waals surface area contributed by atoms with Gasteiger partial charge in [0.25, 0.3) is 5.91 Å². The number of benzene rings is 1. The summed E-state index contributed by atoms with van der Waals surface area (Å²) in [5, 5.41) is 7.04. The molecule has 0 bridgehead atoms. The highest BCUT2D eigenvalue weighted by Gasteiger charge is 2.25. The van der Waals surface area contributed by atoms with Crippen molar-refractivity contribution in [3.63, 3.8) is 0 Å². The Labute approximate surface area is 145 Å². The Hall–Kier alpha value is -2.34. The first-order chi connectivity index (χ1) is 11.2. The van der Waals surface area contributed by atoms with Crippen LogP contribution in [0.4, 0.5) is 0 Å². The third-order valence-electron chi connectivity index (χ3n) is 3.04. The average molecular weight is 351 g/mol. The van der Waals surface area contributed by atoms with Gasteiger partial charge in [-0.2, -0.15) is 0 Å². The van der Waals surface area contributed by atoms with Crippen LogP contribution in [0, 0.1) is 6.92 Å². The molecule has 0 aliphatic carbocycles. The maximum absolute atomic E-state index is 12.4. The minimum absolute atomic E-state index is 0.159. The Kier molecular flexibility index (Phi) is 5.29. The molecule has 0 radical (unpaired) electrons. The lowest BCUT2D eigenvalue weighted by atomic mass is 10.1. The molecule has 2 aromatic rings. The van der Waals surface area contributed by atoms with Gasteiger partial charge < -0.3 is 14.6 Å². The van der Waals surface area contributed by atoms with Crippen molar-refractivity contribution < 1.29 is 18.8 Å². The van der Waals surface area contributed by atoms with Gasteiger partial charge in [-0.25, -0.2) is 4.79 Å². The van der Waals surface area contributed by atoms with Crippen molar-refractivity contribution in [3.8, 4) is 11.3 Å². The molecule has 0 atom stereocenters. The Balaban J connectivity index is 2.18. The number of aromatic nitrogens is 1. The van der Waals surface area contributed by atoms with E-state index in [1.807, 2.05) is 20.8 Å². The lowest BCUT2D eigenvalue weighted by molar-refractivity contribution is -0.125. The predicted molar refractivity (Wildman–Crippen MR) is 89.9 cm³/mol. The summed E-state index contributed by atoms with van der Waals surface area (Å²) in [6.45, 7) is 6.73. The van der Waals surface area contributed by atoms with E-state index in [0.717, 1.165) is 0 Å². The number of hydrogen-bond donors (Lipinski definition) is 1. The second-order valence-corrected chi connectivity index (χ2v) is 6.72. The van der Waals surface area contributed by atoms with Gasteiger partial charge in [0.15, 0.2) is 6.61 Å². The van der Waals surface area contributed by atoms with Crippen molar-refractivity contribution in [3.05, 3.63) is 40.6 Å². The summed E-state index contributed by atoms with van der Waals surface area (Å²) in [6.07, 6.45) is 0. The molecule has 1 aromatic heterocycles. The molecule has 0 fully saturated rings. The first-order valence-corrected chi connectivity index (χ1v) is 7.76. The van der Waals surface area contributed by atoms with Crippen molar-refractivity contribution in [2.75, 3.05) is 6.61 Å². The van der Waals surface area contributed by atoms with Gasteiger partial charge in [0, 0.05) is 11.1 Å². The highest BCUT2D eigenvalue weighted by atomic mass is 35.5. The molecule has 0 unspecified atom stereocenters. The molecule has 6 nitrogen and oxygen atoms in total. The van der Waals surface area contributed by atoms with E-state index in [-0.39, 0.29) is 18.1 Å². The van der Waals surface area contributed by atoms with Crippen LogP contribution in [-0.2, 0) is 9.53 Å². The summed E-state index contributed by atoms with van der Waals surface area (Å²) in [7, 11) is 0. The number of rotatable bonds is 4. The first-order valence-electron chi connectivity index (χ1n) is 7.38. The Morgan fingerprint density at radius 3 is 2.58 bits per heavy atom. The number of carbonyl (C=O) groups is 2. The fourth-order valence-electron chi connectivity index (χ4n) is 2.11. The van der Waals surface area contributed by atoms with Gasteiger partial charge in [-0.05, 0) is 33.8 Å². The number of carbonyl (C=O) groups excluding carboxylic acids is 2. The molecule has 0 saturated carbocycles. The molecule has 1 amide bonds. The van der Waals surface area contributed by atoms with Gasteiger partial charge in [-0.15, -0.1) is 0 Å². The van der Waals surface area contributed by atoms with Gasteiger partial charge in [0.1, 0.15) is 17.0 Å². The number of ether oxygens (including phenoxy) is 1. The van der Waals surface area contributed by atoms with Crippen LogP contribution in [0.25, 0.3) is 11.3 Å². The van der Waals surface area contributed by atoms with E-state index in [2.05, 4.69) is 10.5 Å². The van der Waals surface area contributed by atoms with Crippen LogP contribution < -0.4 is 5.32 Å². The van der Waals surface area contributed by atoms with E-state index >= 15 is 0 Å². The number of hydrogen-bond acceptors (Lipinski definition) is 5. The molecule has 0 saturated heterocycles. The second kappa shape index (κ2) is 7.05. The molecule has 24 heavy (non-hydrogen) atoms. The van der Waals surface area contributed by atoms with Crippen molar-refractivity contribution in [2.45, 2.75) is 33.2 Å². The third-order valence-corrected chi connectivity index (χ3v) is 3.37. The summed E-state index contributed by atoms with van der Waals surface area (Å²) >= 11 is 6.15. The number of halogens is 1. The summed E-state index contributed by atoms with van der Waals surface area (Å²) in [4.78, 5) is 24.1. The highest BCUT2D eigenvalue weighted by molar-refractivity contribution is 6.33. The van der Waals surface area contributed by atoms with Gasteiger partial charge in [-0.1, -0.05) is 35.0 Å². The summed E-state index contributed by atoms with van der Waals surface area (Å²) in [6, 6.07) is 6.96. The molecule has 1 aromatic carbocycles. The second-order valence-electron chi connectivity index (χ2n) is 6.32. The van der Waals surface area contributed by atoms with Crippen LogP contribution in [0.1, 0.15) is 36.9 Å². The van der Waals surface area contributed by atoms with Crippen LogP contribution in [0.15, 0.2) is 28.8 Å². The maximum Gasteiger partial charge on any atom is 0.344 e. The zero-order chi connectivity index (χ0) is 17.9. The van der Waals surface area contributed by atoms with Crippen molar-refractivity contribution >= 4 is 23.5 Å². The fourth-order valence-corrected chi connectivity index (χ4v) is 2.33. The topological polar surface area (TPSA) is 81.4 Å². The Morgan fingerprint density at radius 2 is 1.96 bits per heavy atom. The van der Waals surface area contributed by atoms with E-state index in [1.165, 1.54) is 0 Å². The molecule has 128 valence electrons. The summed E-state index contributed by atoms with van der Waals surface area (Å²) < 4.78 is 10.2. The molecule has 2 rings (SSSR count). The van der Waals surface area contributed by atoms with Crippen molar-refractivity contribution in [1.82, 2.24) is 10.5 Å². The smallest absolute Gasteiger partial charge is 0.344 e. The van der Waals surface area contributed by atoms with Crippen LogP contribution >= 0.6 is 11.6 Å². The summed E-state index contributed by atoms with van der Waals surface area (Å²) in [5.41, 5.74) is 0.604. The van der Waals surface area contributed by atoms with Crippen LogP contribution in [0.5, 0.6) is 0 Å². The van der Waals surface area contributed by atoms with Crippen LogP contribution in [0.3, 0.4) is 0 Å². The molecule has 0 aliphatic heterocycles. The van der Waals surface area contributed by atoms with Gasteiger partial charge in [-0.3, -0.25) is 4.79 Å². The van der Waals surface area contributed by atoms with Crippen molar-refractivity contribution in [2.24, 2.45) is 0 Å². The normalized spacial score (nSPS) is 11.2. The minimum Gasteiger partial charge on any atom is -0.452 e. The molecule has 0 spiro atoms. The van der Waals surface area contributed by atoms with E-state index in [1.54, 1.807) is 31.2 Å². The predicted octanol–water partition coefficient (Wildman–Crippen LogP) is 3.37. The lowest BCUT2D eigenvalue weighted by Crippen LogP contribution is -2.42. The van der Waals surface area contributed by atoms with Crippen LogP contribution in [0.2, 0.25) is 5.02 Å². The van der Waals surface area contributed by atoms with E-state index in [9.17, 15) is 9.59 Å². The van der Waals surface area contributed by atoms with Gasteiger partial charge in [0.05, 0.1) is 5.02 Å². The van der Waals surface area contributed by atoms with Gasteiger partial charge in [0.2, 0.25) is 0 Å². The molecule has 7 heteroatoms. The number of amides is 1. The molecule has 0 aliphatic rings. The quantitative estimate of drug-likeness (QED) is 0.855. The van der Waals surface area contributed by atoms with E-state index in [0.29, 0.717) is 22.0 Å². The zero-order valence-corrected chi connectivity index (χ0v) is 14.7. The Morgan fingerprint density at radius 1 is 1.29 bits per heavy atom. The highest BCUT2D eigenvalue weighted by Crippen LogP contribution is 2.31. The van der Waals surface area contributed by atoms with E-state index in [4.69, 9.17) is 20.9 Å². The molecule has 1 heterocycles. The van der Waals surface area contributed by atoms with Crippen molar-refractivity contribution in [1.29, 1.82) is 0 Å². The third kappa shape index (κ3) is 4.35.